The van der Waals surface area contributed by atoms with E-state index in [2.05, 4.69) is 63.8 Å². The second-order valence-electron chi connectivity index (χ2n) is 8.64. The maximum absolute atomic E-state index is 5.81. The van der Waals surface area contributed by atoms with Crippen LogP contribution < -0.4 is 15.4 Å². The normalized spacial score (nSPS) is 21.1. The lowest BCUT2D eigenvalue weighted by molar-refractivity contribution is 0.242. The number of aliphatic imine (C=N–C) groups is 1. The standard InChI is InChI=1S/C23H39N5O/c1-24-23(26-20-13-15-28(18-20)21-7-4-5-8-21)25-17-19-9-11-22(12-10-19)29-16-6-14-27(2)3/h9-12,20-21H,4-8,13-18H2,1-3H3,(H2,24,25,26). The molecule has 0 spiro atoms. The van der Waals surface area contributed by atoms with Crippen LogP contribution in [0, 0.1) is 0 Å². The Kier molecular flexibility index (Phi) is 8.62. The van der Waals surface area contributed by atoms with Gasteiger partial charge in [-0.1, -0.05) is 25.0 Å². The number of nitrogens with one attached hydrogen (secondary N) is 2. The van der Waals surface area contributed by atoms with E-state index in [-0.39, 0.29) is 0 Å². The molecule has 1 saturated carbocycles. The number of ether oxygens (including phenoxy) is 1. The molecule has 0 bridgehead atoms. The SMILES string of the molecule is CN=C(NCc1ccc(OCCCN(C)C)cc1)NC1CCN(C2CCCC2)C1. The third kappa shape index (κ3) is 7.19. The fourth-order valence-electron chi connectivity index (χ4n) is 4.35. The molecule has 1 heterocycles. The summed E-state index contributed by atoms with van der Waals surface area (Å²) < 4.78 is 5.81. The fraction of sp³-hybridized carbons (Fsp3) is 0.696. The summed E-state index contributed by atoms with van der Waals surface area (Å²) >= 11 is 0. The maximum atomic E-state index is 5.81. The van der Waals surface area contributed by atoms with E-state index in [1.165, 1.54) is 44.2 Å². The Bertz CT molecular complexity index is 625. The van der Waals surface area contributed by atoms with Gasteiger partial charge in [-0.2, -0.15) is 0 Å². The van der Waals surface area contributed by atoms with Gasteiger partial charge in [0.05, 0.1) is 6.61 Å². The van der Waals surface area contributed by atoms with Crippen LogP contribution in [0.25, 0.3) is 0 Å². The number of rotatable bonds is 9. The van der Waals surface area contributed by atoms with E-state index < -0.39 is 0 Å². The highest BCUT2D eigenvalue weighted by atomic mass is 16.5. The van der Waals surface area contributed by atoms with Crippen LogP contribution in [-0.2, 0) is 6.54 Å². The van der Waals surface area contributed by atoms with Crippen molar-refractivity contribution < 1.29 is 4.74 Å². The number of hydrogen-bond acceptors (Lipinski definition) is 4. The molecule has 162 valence electrons. The zero-order valence-corrected chi connectivity index (χ0v) is 18.5. The molecule has 0 radical (unpaired) electrons. The van der Waals surface area contributed by atoms with Crippen molar-refractivity contribution >= 4 is 5.96 Å². The Balaban J connectivity index is 1.37. The maximum Gasteiger partial charge on any atom is 0.191 e. The van der Waals surface area contributed by atoms with E-state index >= 15 is 0 Å². The number of hydrogen-bond donors (Lipinski definition) is 2. The van der Waals surface area contributed by atoms with Gasteiger partial charge in [-0.05, 0) is 57.5 Å². The minimum Gasteiger partial charge on any atom is -0.494 e. The summed E-state index contributed by atoms with van der Waals surface area (Å²) in [5, 5.41) is 7.07. The average Bonchev–Trinajstić information content (AvgIpc) is 3.41. The molecule has 6 heteroatoms. The van der Waals surface area contributed by atoms with E-state index in [1.807, 2.05) is 7.05 Å². The van der Waals surface area contributed by atoms with Crippen molar-refractivity contribution in [3.8, 4) is 5.75 Å². The molecule has 1 aliphatic heterocycles. The Labute approximate surface area is 176 Å². The number of nitrogens with zero attached hydrogens (tertiary/aromatic N) is 3. The van der Waals surface area contributed by atoms with E-state index in [9.17, 15) is 0 Å². The van der Waals surface area contributed by atoms with Gasteiger partial charge in [0.1, 0.15) is 5.75 Å². The zero-order chi connectivity index (χ0) is 20.5. The minimum absolute atomic E-state index is 0.500. The first-order chi connectivity index (χ1) is 14.1. The third-order valence-electron chi connectivity index (χ3n) is 6.03. The first kappa shape index (κ1) is 21.9. The molecule has 1 aromatic carbocycles. The van der Waals surface area contributed by atoms with Gasteiger partial charge in [-0.3, -0.25) is 9.89 Å². The van der Waals surface area contributed by atoms with Gasteiger partial charge in [0.2, 0.25) is 0 Å². The molecule has 2 aliphatic rings. The highest BCUT2D eigenvalue weighted by Gasteiger charge is 2.30. The van der Waals surface area contributed by atoms with Crippen LogP contribution in [0.5, 0.6) is 5.75 Å². The summed E-state index contributed by atoms with van der Waals surface area (Å²) in [7, 11) is 6.02. The van der Waals surface area contributed by atoms with Gasteiger partial charge in [-0.25, -0.2) is 0 Å². The van der Waals surface area contributed by atoms with Crippen LogP contribution in [0.2, 0.25) is 0 Å². The second-order valence-corrected chi connectivity index (χ2v) is 8.64. The predicted octanol–water partition coefficient (Wildman–Crippen LogP) is 2.70. The molecule has 0 aromatic heterocycles. The summed E-state index contributed by atoms with van der Waals surface area (Å²) in [5.41, 5.74) is 1.23. The highest BCUT2D eigenvalue weighted by Crippen LogP contribution is 2.26. The van der Waals surface area contributed by atoms with Crippen LogP contribution in [0.4, 0.5) is 0 Å². The van der Waals surface area contributed by atoms with Crippen LogP contribution in [0.1, 0.15) is 44.1 Å². The van der Waals surface area contributed by atoms with Crippen LogP contribution >= 0.6 is 0 Å². The number of guanidine groups is 1. The van der Waals surface area contributed by atoms with E-state index in [0.29, 0.717) is 6.04 Å². The van der Waals surface area contributed by atoms with Crippen LogP contribution in [0.3, 0.4) is 0 Å². The molecule has 2 N–H and O–H groups in total. The van der Waals surface area contributed by atoms with Crippen LogP contribution in [0.15, 0.2) is 29.3 Å². The molecular weight excluding hydrogens is 362 g/mol. The lowest BCUT2D eigenvalue weighted by Crippen LogP contribution is -2.45. The van der Waals surface area contributed by atoms with Gasteiger partial charge in [-0.15, -0.1) is 0 Å². The molecule has 3 rings (SSSR count). The summed E-state index contributed by atoms with van der Waals surface area (Å²) in [4.78, 5) is 9.27. The smallest absolute Gasteiger partial charge is 0.191 e. The van der Waals surface area contributed by atoms with Gasteiger partial charge in [0, 0.05) is 45.3 Å². The molecule has 2 fully saturated rings. The second kappa shape index (κ2) is 11.4. The van der Waals surface area contributed by atoms with Crippen molar-refractivity contribution in [2.24, 2.45) is 4.99 Å². The Morgan fingerprint density at radius 2 is 1.93 bits per heavy atom. The summed E-state index contributed by atoms with van der Waals surface area (Å²) in [6.45, 7) is 4.93. The van der Waals surface area contributed by atoms with Crippen molar-refractivity contribution in [3.05, 3.63) is 29.8 Å². The first-order valence-corrected chi connectivity index (χ1v) is 11.2. The molecule has 1 atom stereocenters. The number of benzene rings is 1. The van der Waals surface area contributed by atoms with Crippen LogP contribution in [-0.4, -0.2) is 75.2 Å². The van der Waals surface area contributed by atoms with Crippen molar-refractivity contribution in [1.82, 2.24) is 20.4 Å². The fourth-order valence-corrected chi connectivity index (χ4v) is 4.35. The Morgan fingerprint density at radius 1 is 1.17 bits per heavy atom. The lowest BCUT2D eigenvalue weighted by atomic mass is 10.2. The van der Waals surface area contributed by atoms with Crippen molar-refractivity contribution in [2.45, 2.75) is 57.2 Å². The molecule has 1 aromatic rings. The molecule has 29 heavy (non-hydrogen) atoms. The number of likely N-dealkylation sites (tertiary alicyclic amines) is 1. The average molecular weight is 402 g/mol. The predicted molar refractivity (Wildman–Crippen MR) is 121 cm³/mol. The zero-order valence-electron chi connectivity index (χ0n) is 18.5. The Hall–Kier alpha value is -1.79. The largest absolute Gasteiger partial charge is 0.494 e. The minimum atomic E-state index is 0.500. The first-order valence-electron chi connectivity index (χ1n) is 11.2. The monoisotopic (exact) mass is 401 g/mol. The topological polar surface area (TPSA) is 52.1 Å². The quantitative estimate of drug-likeness (QED) is 0.379. The van der Waals surface area contributed by atoms with Gasteiger partial charge < -0.3 is 20.3 Å². The van der Waals surface area contributed by atoms with E-state index in [0.717, 1.165) is 50.4 Å². The van der Waals surface area contributed by atoms with Crippen molar-refractivity contribution in [1.29, 1.82) is 0 Å². The van der Waals surface area contributed by atoms with Gasteiger partial charge in [0.15, 0.2) is 5.96 Å². The van der Waals surface area contributed by atoms with Gasteiger partial charge >= 0.3 is 0 Å². The lowest BCUT2D eigenvalue weighted by Gasteiger charge is -2.24. The highest BCUT2D eigenvalue weighted by molar-refractivity contribution is 5.80. The molecule has 1 aliphatic carbocycles. The van der Waals surface area contributed by atoms with Gasteiger partial charge in [0.25, 0.3) is 0 Å². The summed E-state index contributed by atoms with van der Waals surface area (Å²) in [5.74, 6) is 1.83. The van der Waals surface area contributed by atoms with Crippen molar-refractivity contribution in [2.75, 3.05) is 47.4 Å². The third-order valence-corrected chi connectivity index (χ3v) is 6.03. The van der Waals surface area contributed by atoms with E-state index in [4.69, 9.17) is 4.74 Å². The molecule has 6 nitrogen and oxygen atoms in total. The van der Waals surface area contributed by atoms with Crippen molar-refractivity contribution in [3.63, 3.8) is 0 Å². The van der Waals surface area contributed by atoms with E-state index in [1.54, 1.807) is 0 Å². The summed E-state index contributed by atoms with van der Waals surface area (Å²) in [6.07, 6.45) is 7.82. The summed E-state index contributed by atoms with van der Waals surface area (Å²) in [6, 6.07) is 9.68. The molecule has 0 amide bonds. The molecular formula is C23H39N5O. The molecule has 1 unspecified atom stereocenters. The molecule has 1 saturated heterocycles. The Morgan fingerprint density at radius 3 is 2.62 bits per heavy atom.